The van der Waals surface area contributed by atoms with Crippen molar-refractivity contribution >= 4 is 0 Å². The number of piperidine rings is 1. The van der Waals surface area contributed by atoms with Crippen molar-refractivity contribution in [3.05, 3.63) is 0 Å². The van der Waals surface area contributed by atoms with Crippen molar-refractivity contribution in [3.8, 4) is 0 Å². The van der Waals surface area contributed by atoms with Gasteiger partial charge in [-0.3, -0.25) is 4.90 Å². The summed E-state index contributed by atoms with van der Waals surface area (Å²) >= 11 is 0. The number of nitrogens with zero attached hydrogens (tertiary/aromatic N) is 1. The smallest absolute Gasteiger partial charge is 0.250 e. The zero-order valence-electron chi connectivity index (χ0n) is 9.35. The van der Waals surface area contributed by atoms with Crippen molar-refractivity contribution in [2.24, 2.45) is 0 Å². The van der Waals surface area contributed by atoms with E-state index < -0.39 is 5.92 Å². The van der Waals surface area contributed by atoms with E-state index in [1.165, 1.54) is 38.5 Å². The van der Waals surface area contributed by atoms with Crippen LogP contribution in [0.2, 0.25) is 0 Å². The van der Waals surface area contributed by atoms with Gasteiger partial charge in [-0.1, -0.05) is 25.7 Å². The summed E-state index contributed by atoms with van der Waals surface area (Å²) in [5, 5.41) is 0. The van der Waals surface area contributed by atoms with Crippen LogP contribution in [0.3, 0.4) is 0 Å². The van der Waals surface area contributed by atoms with Crippen LogP contribution in [-0.4, -0.2) is 30.0 Å². The van der Waals surface area contributed by atoms with E-state index in [-0.39, 0.29) is 12.8 Å². The lowest BCUT2D eigenvalue weighted by molar-refractivity contribution is -0.0640. The summed E-state index contributed by atoms with van der Waals surface area (Å²) in [4.78, 5) is 2.31. The minimum atomic E-state index is -2.39. The summed E-state index contributed by atoms with van der Waals surface area (Å²) < 4.78 is 26.0. The molecule has 2 aliphatic rings. The summed E-state index contributed by atoms with van der Waals surface area (Å²) in [5.74, 6) is -2.39. The molecule has 1 nitrogen and oxygen atoms in total. The molecule has 0 unspecified atom stereocenters. The van der Waals surface area contributed by atoms with Crippen LogP contribution < -0.4 is 0 Å². The van der Waals surface area contributed by atoms with Gasteiger partial charge in [0.2, 0.25) is 0 Å². The van der Waals surface area contributed by atoms with E-state index in [0.29, 0.717) is 19.1 Å². The zero-order chi connectivity index (χ0) is 10.7. The number of rotatable bonds is 1. The van der Waals surface area contributed by atoms with Crippen LogP contribution in [0.1, 0.15) is 51.4 Å². The first kappa shape index (κ1) is 11.3. The summed E-state index contributed by atoms with van der Waals surface area (Å²) in [6, 6.07) is 0.601. The molecule has 1 saturated heterocycles. The van der Waals surface area contributed by atoms with Gasteiger partial charge < -0.3 is 0 Å². The highest BCUT2D eigenvalue weighted by Crippen LogP contribution is 2.31. The van der Waals surface area contributed by atoms with Gasteiger partial charge in [-0.15, -0.1) is 0 Å². The maximum Gasteiger partial charge on any atom is 0.250 e. The third-order valence-corrected chi connectivity index (χ3v) is 3.87. The average Bonchev–Trinajstić information content (AvgIpc) is 2.46. The van der Waals surface area contributed by atoms with Gasteiger partial charge in [0.15, 0.2) is 0 Å². The number of likely N-dealkylation sites (tertiary alicyclic amines) is 1. The van der Waals surface area contributed by atoms with Crippen LogP contribution in [0.25, 0.3) is 0 Å². The van der Waals surface area contributed by atoms with E-state index in [1.807, 2.05) is 0 Å². The Balaban J connectivity index is 1.83. The minimum Gasteiger partial charge on any atom is -0.300 e. The van der Waals surface area contributed by atoms with Gasteiger partial charge in [-0.25, -0.2) is 8.78 Å². The van der Waals surface area contributed by atoms with E-state index in [1.54, 1.807) is 0 Å². The Labute approximate surface area is 90.8 Å². The molecule has 0 spiro atoms. The monoisotopic (exact) mass is 217 g/mol. The number of hydrogen-bond acceptors (Lipinski definition) is 1. The molecule has 1 saturated carbocycles. The van der Waals surface area contributed by atoms with Crippen LogP contribution in [0, 0.1) is 0 Å². The second-order valence-electron chi connectivity index (χ2n) is 5.04. The molecule has 0 bridgehead atoms. The molecule has 1 aliphatic carbocycles. The first-order chi connectivity index (χ1) is 7.17. The molecule has 15 heavy (non-hydrogen) atoms. The Hall–Kier alpha value is -0.180. The maximum absolute atomic E-state index is 13.0. The Bertz CT molecular complexity index is 188. The number of halogens is 2. The molecule has 0 aromatic heterocycles. The molecular weight excluding hydrogens is 196 g/mol. The zero-order valence-corrected chi connectivity index (χ0v) is 9.35. The van der Waals surface area contributed by atoms with Crippen LogP contribution in [0.4, 0.5) is 8.78 Å². The molecule has 0 radical (unpaired) electrons. The number of alkyl halides is 2. The van der Waals surface area contributed by atoms with Crippen molar-refractivity contribution in [2.75, 3.05) is 13.1 Å². The molecule has 1 heterocycles. The summed E-state index contributed by atoms with van der Waals surface area (Å²) in [6.07, 6.45) is 7.85. The molecule has 2 rings (SSSR count). The standard InChI is InChI=1S/C12H21F2N/c13-12(14)7-9-15(10-8-12)11-5-3-1-2-4-6-11/h11H,1-10H2. The van der Waals surface area contributed by atoms with Crippen LogP contribution in [0.15, 0.2) is 0 Å². The van der Waals surface area contributed by atoms with Gasteiger partial charge in [-0.2, -0.15) is 0 Å². The normalized spacial score (nSPS) is 30.0. The van der Waals surface area contributed by atoms with Crippen LogP contribution in [0.5, 0.6) is 0 Å². The first-order valence-corrected chi connectivity index (χ1v) is 6.29. The summed E-state index contributed by atoms with van der Waals surface area (Å²) in [7, 11) is 0. The lowest BCUT2D eigenvalue weighted by atomic mass is 10.0. The molecular formula is C12H21F2N. The van der Waals surface area contributed by atoms with Crippen LogP contribution >= 0.6 is 0 Å². The molecule has 0 N–H and O–H groups in total. The maximum atomic E-state index is 13.0. The highest BCUT2D eigenvalue weighted by atomic mass is 19.3. The van der Waals surface area contributed by atoms with E-state index in [2.05, 4.69) is 4.90 Å². The van der Waals surface area contributed by atoms with E-state index in [4.69, 9.17) is 0 Å². The molecule has 88 valence electrons. The molecule has 2 fully saturated rings. The van der Waals surface area contributed by atoms with Crippen molar-refractivity contribution in [2.45, 2.75) is 63.3 Å². The van der Waals surface area contributed by atoms with Crippen molar-refractivity contribution in [1.29, 1.82) is 0 Å². The van der Waals surface area contributed by atoms with E-state index >= 15 is 0 Å². The third-order valence-electron chi connectivity index (χ3n) is 3.87. The summed E-state index contributed by atoms with van der Waals surface area (Å²) in [6.45, 7) is 1.22. The Morgan fingerprint density at radius 2 is 1.40 bits per heavy atom. The van der Waals surface area contributed by atoms with Gasteiger partial charge in [0.25, 0.3) is 5.92 Å². The fourth-order valence-electron chi connectivity index (χ4n) is 2.84. The van der Waals surface area contributed by atoms with Crippen molar-refractivity contribution in [3.63, 3.8) is 0 Å². The van der Waals surface area contributed by atoms with Crippen molar-refractivity contribution in [1.82, 2.24) is 4.90 Å². The van der Waals surface area contributed by atoms with E-state index in [9.17, 15) is 8.78 Å². The van der Waals surface area contributed by atoms with Gasteiger partial charge in [0, 0.05) is 32.0 Å². The summed E-state index contributed by atoms with van der Waals surface area (Å²) in [5.41, 5.74) is 0. The fourth-order valence-corrected chi connectivity index (χ4v) is 2.84. The van der Waals surface area contributed by atoms with Gasteiger partial charge in [0.1, 0.15) is 0 Å². The highest BCUT2D eigenvalue weighted by molar-refractivity contribution is 4.83. The largest absolute Gasteiger partial charge is 0.300 e. The predicted molar refractivity (Wildman–Crippen MR) is 57.2 cm³/mol. The predicted octanol–water partition coefficient (Wildman–Crippen LogP) is 3.44. The van der Waals surface area contributed by atoms with Crippen LogP contribution in [-0.2, 0) is 0 Å². The SMILES string of the molecule is FC1(F)CCN(C2CCCCCC2)CC1. The second kappa shape index (κ2) is 4.77. The van der Waals surface area contributed by atoms with Gasteiger partial charge in [0.05, 0.1) is 0 Å². The first-order valence-electron chi connectivity index (χ1n) is 6.29. The van der Waals surface area contributed by atoms with Crippen molar-refractivity contribution < 1.29 is 8.78 Å². The molecule has 3 heteroatoms. The lowest BCUT2D eigenvalue weighted by Gasteiger charge is -2.37. The van der Waals surface area contributed by atoms with Gasteiger partial charge >= 0.3 is 0 Å². The Kier molecular flexibility index (Phi) is 3.60. The number of hydrogen-bond donors (Lipinski definition) is 0. The fraction of sp³-hybridized carbons (Fsp3) is 1.00. The second-order valence-corrected chi connectivity index (χ2v) is 5.04. The van der Waals surface area contributed by atoms with Gasteiger partial charge in [-0.05, 0) is 12.8 Å². The highest BCUT2D eigenvalue weighted by Gasteiger charge is 2.36. The molecule has 0 atom stereocenters. The molecule has 1 aliphatic heterocycles. The Morgan fingerprint density at radius 1 is 0.867 bits per heavy atom. The molecule has 0 aromatic carbocycles. The lowest BCUT2D eigenvalue weighted by Crippen LogP contribution is -2.44. The average molecular weight is 217 g/mol. The molecule has 0 aromatic rings. The van der Waals surface area contributed by atoms with E-state index in [0.717, 1.165) is 0 Å². The topological polar surface area (TPSA) is 3.24 Å². The molecule has 0 amide bonds. The minimum absolute atomic E-state index is 0.0729. The quantitative estimate of drug-likeness (QED) is 0.608. The third kappa shape index (κ3) is 3.13. The Morgan fingerprint density at radius 3 is 1.93 bits per heavy atom.